The van der Waals surface area contributed by atoms with Gasteiger partial charge >= 0.3 is 24.8 Å². The molecule has 1 aliphatic heterocycles. The molecule has 7 aromatic rings. The molecule has 3 heterocycles. The Kier molecular flexibility index (Phi) is 30.2. The molecule has 0 saturated carbocycles. The molecule has 1 fully saturated rings. The van der Waals surface area contributed by atoms with Crippen molar-refractivity contribution in [1.29, 1.82) is 0 Å². The van der Waals surface area contributed by atoms with Crippen molar-refractivity contribution in [2.45, 2.75) is 167 Å². The number of aromatic carboxylic acids is 1. The third kappa shape index (κ3) is 19.8. The number of nitrogens with one attached hydrogen (secondary N) is 3. The van der Waals surface area contributed by atoms with E-state index in [2.05, 4.69) is 32.1 Å². The first-order valence-corrected chi connectivity index (χ1v) is 29.8. The number of fused-ring (bicyclic) bond motifs is 5. The first-order valence-electron chi connectivity index (χ1n) is 29.4. The second kappa shape index (κ2) is 36.5. The molecule has 5 unspecified atom stereocenters. The van der Waals surface area contributed by atoms with Crippen molar-refractivity contribution in [3.63, 3.8) is 0 Å². The van der Waals surface area contributed by atoms with Crippen LogP contribution in [0.4, 0.5) is 0 Å². The number of aliphatic hydroxyl groups excluding tert-OH is 5. The average molecular weight is 1210 g/mol. The van der Waals surface area contributed by atoms with Gasteiger partial charge in [-0.2, -0.15) is 0 Å². The molecule has 9 N–H and O–H groups in total. The molecule has 16 nitrogen and oxygen atoms in total. The summed E-state index contributed by atoms with van der Waals surface area (Å²) < 4.78 is 12.0. The van der Waals surface area contributed by atoms with Crippen LogP contribution in [0.5, 0.6) is 0 Å². The minimum Gasteiger partial charge on any atom is -1.00 e. The van der Waals surface area contributed by atoms with Crippen LogP contribution in [-0.4, -0.2) is 105 Å². The summed E-state index contributed by atoms with van der Waals surface area (Å²) in [5.41, 5.74) is 14.4. The summed E-state index contributed by atoms with van der Waals surface area (Å²) >= 11 is 5.00. The Morgan fingerprint density at radius 3 is 1.87 bits per heavy atom. The van der Waals surface area contributed by atoms with E-state index < -0.39 is 12.1 Å². The van der Waals surface area contributed by atoms with Gasteiger partial charge in [-0.1, -0.05) is 98.4 Å². The van der Waals surface area contributed by atoms with Crippen molar-refractivity contribution in [3.8, 4) is 0 Å². The van der Waals surface area contributed by atoms with Crippen molar-refractivity contribution >= 4 is 53.4 Å². The molecule has 0 amide bonds. The van der Waals surface area contributed by atoms with Crippen molar-refractivity contribution in [3.05, 3.63) is 210 Å². The summed E-state index contributed by atoms with van der Waals surface area (Å²) in [5.74, 6) is -0.596. The van der Waals surface area contributed by atoms with Crippen LogP contribution in [0, 0.1) is 10.7 Å². The van der Waals surface area contributed by atoms with Crippen LogP contribution in [0.15, 0.2) is 116 Å². The smallest absolute Gasteiger partial charge is 1.00 e. The maximum absolute atomic E-state index is 12.6. The number of aromatic nitrogens is 4. The summed E-state index contributed by atoms with van der Waals surface area (Å²) in [4.78, 5) is 57.6. The van der Waals surface area contributed by atoms with Crippen molar-refractivity contribution in [2.24, 2.45) is 5.92 Å². The second-order valence-electron chi connectivity index (χ2n) is 21.9. The molecule has 3 radical (unpaired) electrons. The summed E-state index contributed by atoms with van der Waals surface area (Å²) in [6, 6.07) is 31.0. The number of ketones is 2. The quantitative estimate of drug-likeness (QED) is 0.0372. The number of H-pyrrole nitrogens is 3. The summed E-state index contributed by atoms with van der Waals surface area (Å²) in [6.45, 7) is 1.21. The predicted octanol–water partition coefficient (Wildman–Crippen LogP) is 8.75. The van der Waals surface area contributed by atoms with Crippen molar-refractivity contribution in [1.82, 2.24) is 19.9 Å². The van der Waals surface area contributed by atoms with Crippen LogP contribution < -0.4 is 18.9 Å². The number of ether oxygens (including phenoxy) is 2. The van der Waals surface area contributed by atoms with Gasteiger partial charge in [0, 0.05) is 59.3 Å². The first-order chi connectivity index (χ1) is 40.9. The molecule has 457 valence electrons. The number of carboxylic acids is 1. The van der Waals surface area contributed by atoms with E-state index in [0.29, 0.717) is 48.2 Å². The third-order valence-corrected chi connectivity index (χ3v) is 16.4. The molecule has 1 saturated heterocycles. The SMILES string of the molecule is C.O=C(O)c1cccc2c1C(O)CCC2.O=C1CCCc2cccc(COC3CCCCO3)c21.O=C1c2c(CO)cccc2CCC1Cc1c[nH]c(=S)[nH]1.O=Cc1cnc[nH]1.OC1CCCc2ccccc21.OCc1cccc2c1C(O)CCC2.[Al].[H-].[Li+]. The van der Waals surface area contributed by atoms with Gasteiger partial charge in [0.15, 0.2) is 28.9 Å². The standard InChI is InChI=1S/C16H20O3.C15H16N2O2S.C11H12O3.C11H14O2.C10H12O.C4H4N2O.CH4.Al.Li.H/c17-14-8-4-6-12-5-3-7-13(16(12)14)11-19-15-9-1-2-10-18-15;18-8-11-3-1-2-9-4-5-10(14(19)13(9)11)6-12-7-16-15(20)17-12;12-9-6-2-4-7-3-1-5-8(10(7)9)11(13)14;12-7-9-5-1-3-8-4-2-6-10(13)11(8)9;11-10-7-3-5-8-4-1-2-6-9(8)10;7-2-4-1-5-3-6-4;;;;/h3,5,7,15H,1-2,4,6,8-11H2;1-3,7,10,18H,4-6,8H2,(H2,16,17,20);1,3,5,9,12H,2,4,6H2,(H,13,14);1,3,5,10,12-13H,2,4,6-7H2;1-2,4,6,10-11H,3,5,7H2;1-3H,(H,5,6);1H4;;;/q;;;;;;;;+1;-1. The molecule has 19 heteroatoms. The molecule has 87 heavy (non-hydrogen) atoms. The largest absolute Gasteiger partial charge is 1.00 e. The van der Waals surface area contributed by atoms with Gasteiger partial charge in [-0.3, -0.25) is 14.4 Å². The number of carbonyl (C=O) groups is 4. The van der Waals surface area contributed by atoms with Crippen molar-refractivity contribution in [2.75, 3.05) is 6.61 Å². The number of imidazole rings is 2. The Morgan fingerprint density at radius 1 is 0.667 bits per heavy atom. The number of aliphatic hydroxyl groups is 5. The topological polar surface area (TPSA) is 268 Å². The Balaban J connectivity index is 0.000000229. The van der Waals surface area contributed by atoms with Gasteiger partial charge in [0.2, 0.25) is 0 Å². The van der Waals surface area contributed by atoms with E-state index in [4.69, 9.17) is 31.9 Å². The van der Waals surface area contributed by atoms with E-state index in [1.807, 2.05) is 79.0 Å². The maximum Gasteiger partial charge on any atom is 1.00 e. The van der Waals surface area contributed by atoms with Crippen LogP contribution in [-0.2, 0) is 67.8 Å². The number of hydrogen-bond acceptors (Lipinski definition) is 13. The summed E-state index contributed by atoms with van der Waals surface area (Å²) in [7, 11) is 0. The fraction of sp³-hybridized carbons (Fsp3) is 0.412. The molecular weight excluding hydrogens is 1130 g/mol. The van der Waals surface area contributed by atoms with Crippen LogP contribution in [0.1, 0.15) is 213 Å². The Hall–Kier alpha value is -5.93. The van der Waals surface area contributed by atoms with Gasteiger partial charge in [-0.15, -0.1) is 0 Å². The van der Waals surface area contributed by atoms with Crippen LogP contribution in [0.2, 0.25) is 0 Å². The maximum atomic E-state index is 12.6. The van der Waals surface area contributed by atoms with E-state index in [0.717, 1.165) is 159 Å². The van der Waals surface area contributed by atoms with E-state index in [9.17, 15) is 39.6 Å². The number of aldehydes is 1. The molecular formula is C68H83AlLiN4O12S. The van der Waals surface area contributed by atoms with Crippen LogP contribution >= 0.6 is 12.2 Å². The van der Waals surface area contributed by atoms with Gasteiger partial charge in [0.1, 0.15) is 0 Å². The number of rotatable bonds is 9. The minimum atomic E-state index is -0.956. The fourth-order valence-corrected chi connectivity index (χ4v) is 12.2. The number of aromatic amines is 3. The molecule has 13 rings (SSSR count). The number of hydrogen-bond donors (Lipinski definition) is 9. The summed E-state index contributed by atoms with van der Waals surface area (Å²) in [6.07, 6.45) is 21.0. The number of benzene rings is 5. The van der Waals surface area contributed by atoms with Gasteiger partial charge in [-0.25, -0.2) is 9.78 Å². The Morgan fingerprint density at radius 2 is 1.26 bits per heavy atom. The fourth-order valence-electron chi connectivity index (χ4n) is 12.0. The Labute approximate surface area is 539 Å². The van der Waals surface area contributed by atoms with Gasteiger partial charge < -0.3 is 56.5 Å². The zero-order valence-electron chi connectivity index (χ0n) is 50.1. The summed E-state index contributed by atoms with van der Waals surface area (Å²) in [5, 5.41) is 56.5. The van der Waals surface area contributed by atoms with E-state index in [1.54, 1.807) is 12.1 Å². The van der Waals surface area contributed by atoms with Crippen LogP contribution in [0.3, 0.4) is 0 Å². The van der Waals surface area contributed by atoms with E-state index >= 15 is 0 Å². The van der Waals surface area contributed by atoms with E-state index in [-0.39, 0.29) is 99.8 Å². The molecule has 0 bridgehead atoms. The minimum absolute atomic E-state index is 0. The van der Waals surface area contributed by atoms with Gasteiger partial charge in [0.25, 0.3) is 0 Å². The molecule has 5 atom stereocenters. The normalized spacial score (nSPS) is 19.2. The van der Waals surface area contributed by atoms with Gasteiger partial charge in [-0.05, 0) is 189 Å². The molecule has 5 aromatic carbocycles. The first kappa shape index (κ1) is 71.8. The monoisotopic (exact) mass is 1210 g/mol. The molecule has 2 aromatic heterocycles. The Bertz CT molecular complexity index is 3340. The second-order valence-corrected chi connectivity index (χ2v) is 22.3. The average Bonchev–Trinajstić information content (AvgIpc) is 2.13. The van der Waals surface area contributed by atoms with Gasteiger partial charge in [0.05, 0.1) is 61.9 Å². The van der Waals surface area contributed by atoms with E-state index in [1.165, 1.54) is 29.2 Å². The van der Waals surface area contributed by atoms with Crippen LogP contribution in [0.25, 0.3) is 0 Å². The zero-order chi connectivity index (χ0) is 59.4. The molecule has 5 aliphatic carbocycles. The molecule has 6 aliphatic rings. The number of carbonyl (C=O) groups excluding carboxylic acids is 3. The number of carboxylic acid groups (broad SMARTS) is 1. The zero-order valence-corrected chi connectivity index (χ0v) is 51.0. The predicted molar refractivity (Wildman–Crippen MR) is 334 cm³/mol. The number of aryl methyl sites for hydroxylation is 5. The molecule has 0 spiro atoms. The number of nitrogens with zero attached hydrogens (tertiary/aromatic N) is 1. The van der Waals surface area contributed by atoms with Crippen molar-refractivity contribution < 1.29 is 79.6 Å². The third-order valence-electron chi connectivity index (χ3n) is 16.2. The number of Topliss-reactive ketones (excluding diaryl/α,β-unsaturated/α-hetero) is 2.